The van der Waals surface area contributed by atoms with Crippen LogP contribution in [0, 0.1) is 0 Å². The lowest BCUT2D eigenvalue weighted by Crippen LogP contribution is -1.99. The first-order chi connectivity index (χ1) is 12.8. The monoisotopic (exact) mass is 359 g/mol. The lowest BCUT2D eigenvalue weighted by Gasteiger charge is -2.10. The second-order valence-electron chi connectivity index (χ2n) is 5.77. The molecule has 0 atom stereocenters. The Bertz CT molecular complexity index is 1070. The van der Waals surface area contributed by atoms with Gasteiger partial charge in [0.15, 0.2) is 5.82 Å². The average Bonchev–Trinajstić information content (AvgIpc) is 2.73. The van der Waals surface area contributed by atoms with Gasteiger partial charge >= 0.3 is 0 Å². The second kappa shape index (κ2) is 7.11. The van der Waals surface area contributed by atoms with E-state index in [1.807, 2.05) is 37.4 Å². The highest BCUT2D eigenvalue weighted by atomic mass is 32.2. The van der Waals surface area contributed by atoms with Crippen LogP contribution in [0.3, 0.4) is 0 Å². The number of aromatic nitrogens is 3. The summed E-state index contributed by atoms with van der Waals surface area (Å²) in [5, 5.41) is 9.85. The van der Waals surface area contributed by atoms with Crippen LogP contribution >= 0.6 is 11.9 Å². The number of nitrogens with two attached hydrogens (primary N) is 1. The summed E-state index contributed by atoms with van der Waals surface area (Å²) in [7, 11) is 1.87. The maximum atomic E-state index is 5.69. The van der Waals surface area contributed by atoms with E-state index < -0.39 is 0 Å². The van der Waals surface area contributed by atoms with Gasteiger partial charge in [-0.1, -0.05) is 18.2 Å². The smallest absolute Gasteiger partial charge is 0.163 e. The van der Waals surface area contributed by atoms with Crippen LogP contribution in [0.25, 0.3) is 33.4 Å². The highest BCUT2D eigenvalue weighted by molar-refractivity contribution is 7.97. The summed E-state index contributed by atoms with van der Waals surface area (Å²) in [5.41, 5.74) is 3.99. The summed E-state index contributed by atoms with van der Waals surface area (Å²) in [5.74, 6) is 1.45. The molecule has 0 saturated carbocycles. The Labute approximate surface area is 155 Å². The minimum Gasteiger partial charge on any atom is -0.373 e. The predicted molar refractivity (Wildman–Crippen MR) is 108 cm³/mol. The predicted octanol–water partition coefficient (Wildman–Crippen LogP) is 4.37. The van der Waals surface area contributed by atoms with E-state index in [1.165, 1.54) is 11.9 Å². The van der Waals surface area contributed by atoms with Gasteiger partial charge in [0.25, 0.3) is 0 Å². The lowest BCUT2D eigenvalue weighted by atomic mass is 10.0. The number of hydrogen-bond acceptors (Lipinski definition) is 6. The van der Waals surface area contributed by atoms with E-state index in [4.69, 9.17) is 10.1 Å². The Morgan fingerprint density at radius 2 is 1.77 bits per heavy atom. The summed E-state index contributed by atoms with van der Waals surface area (Å²) in [6.45, 7) is 0. The van der Waals surface area contributed by atoms with Gasteiger partial charge in [0, 0.05) is 35.3 Å². The Kier molecular flexibility index (Phi) is 4.51. The van der Waals surface area contributed by atoms with Gasteiger partial charge in [-0.3, -0.25) is 10.1 Å². The number of benzene rings is 2. The Hall–Kier alpha value is -2.96. The molecule has 5 nitrogen and oxygen atoms in total. The Balaban J connectivity index is 1.86. The molecule has 0 saturated heterocycles. The van der Waals surface area contributed by atoms with Crippen molar-refractivity contribution in [3.05, 3.63) is 67.0 Å². The normalized spacial score (nSPS) is 10.8. The molecule has 0 aliphatic rings. The van der Waals surface area contributed by atoms with Gasteiger partial charge in [-0.25, -0.2) is 9.97 Å². The highest BCUT2D eigenvalue weighted by Crippen LogP contribution is 2.30. The van der Waals surface area contributed by atoms with Crippen molar-refractivity contribution in [3.8, 4) is 22.5 Å². The first-order valence-electron chi connectivity index (χ1n) is 8.15. The molecule has 6 heteroatoms. The van der Waals surface area contributed by atoms with Crippen LogP contribution < -0.4 is 10.5 Å². The fourth-order valence-corrected chi connectivity index (χ4v) is 3.22. The maximum Gasteiger partial charge on any atom is 0.163 e. The molecule has 0 unspecified atom stereocenters. The number of rotatable bonds is 4. The SMILES string of the molecule is CNc1nc(-c2cccnc2)nc2ccc(-c3cccc(SN)c3)cc12. The second-order valence-corrected chi connectivity index (χ2v) is 6.47. The van der Waals surface area contributed by atoms with E-state index in [2.05, 4.69) is 39.6 Å². The van der Waals surface area contributed by atoms with Gasteiger partial charge in [-0.05, 0) is 59.5 Å². The summed E-state index contributed by atoms with van der Waals surface area (Å²) < 4.78 is 0. The third kappa shape index (κ3) is 3.12. The van der Waals surface area contributed by atoms with Crippen molar-refractivity contribution < 1.29 is 0 Å². The van der Waals surface area contributed by atoms with Crippen molar-refractivity contribution in [2.45, 2.75) is 4.90 Å². The largest absolute Gasteiger partial charge is 0.373 e. The standard InChI is InChI=1S/C20H17N5S/c1-22-20-17-11-14(13-4-2-6-16(10-13)26-21)7-8-18(17)24-19(25-20)15-5-3-9-23-12-15/h2-12H,21H2,1H3,(H,22,24,25). The number of anilines is 1. The van der Waals surface area contributed by atoms with Gasteiger partial charge in [0.2, 0.25) is 0 Å². The molecule has 0 aliphatic carbocycles. The number of hydrogen-bond donors (Lipinski definition) is 2. The molecule has 0 bridgehead atoms. The van der Waals surface area contributed by atoms with Crippen LogP contribution in [0.5, 0.6) is 0 Å². The summed E-state index contributed by atoms with van der Waals surface area (Å²) in [6, 6.07) is 18.2. The molecule has 2 aromatic heterocycles. The Morgan fingerprint density at radius 3 is 2.54 bits per heavy atom. The number of fused-ring (bicyclic) bond motifs is 1. The number of pyridine rings is 1. The molecule has 0 fully saturated rings. The zero-order chi connectivity index (χ0) is 17.9. The molecular weight excluding hydrogens is 342 g/mol. The first-order valence-corrected chi connectivity index (χ1v) is 9.03. The molecule has 128 valence electrons. The molecule has 3 N–H and O–H groups in total. The van der Waals surface area contributed by atoms with E-state index >= 15 is 0 Å². The molecule has 4 rings (SSSR count). The molecule has 0 spiro atoms. The fraction of sp³-hybridized carbons (Fsp3) is 0.0500. The van der Waals surface area contributed by atoms with Crippen LogP contribution in [-0.4, -0.2) is 22.0 Å². The van der Waals surface area contributed by atoms with Crippen molar-refractivity contribution in [2.75, 3.05) is 12.4 Å². The van der Waals surface area contributed by atoms with Crippen LogP contribution in [0.4, 0.5) is 5.82 Å². The van der Waals surface area contributed by atoms with Gasteiger partial charge in [-0.2, -0.15) is 0 Å². The van der Waals surface area contributed by atoms with Crippen LogP contribution in [0.2, 0.25) is 0 Å². The zero-order valence-electron chi connectivity index (χ0n) is 14.2. The molecule has 2 heterocycles. The number of nitrogens with zero attached hydrogens (tertiary/aromatic N) is 3. The van der Waals surface area contributed by atoms with E-state index in [0.717, 1.165) is 38.3 Å². The van der Waals surface area contributed by atoms with Crippen LogP contribution in [0.1, 0.15) is 0 Å². The number of nitrogens with one attached hydrogen (secondary N) is 1. The van der Waals surface area contributed by atoms with E-state index in [1.54, 1.807) is 12.4 Å². The minimum absolute atomic E-state index is 0.657. The molecule has 4 aromatic rings. The van der Waals surface area contributed by atoms with Crippen molar-refractivity contribution >= 4 is 28.7 Å². The van der Waals surface area contributed by atoms with Gasteiger partial charge in [0.1, 0.15) is 5.82 Å². The molecule has 0 aliphatic heterocycles. The Morgan fingerprint density at radius 1 is 0.923 bits per heavy atom. The summed E-state index contributed by atoms with van der Waals surface area (Å²) in [6.07, 6.45) is 3.51. The van der Waals surface area contributed by atoms with Crippen LogP contribution in [0.15, 0.2) is 71.9 Å². The molecule has 26 heavy (non-hydrogen) atoms. The highest BCUT2D eigenvalue weighted by Gasteiger charge is 2.10. The molecule has 2 aromatic carbocycles. The van der Waals surface area contributed by atoms with Gasteiger partial charge < -0.3 is 5.32 Å². The quantitative estimate of drug-likeness (QED) is 0.527. The summed E-state index contributed by atoms with van der Waals surface area (Å²) in [4.78, 5) is 14.6. The summed E-state index contributed by atoms with van der Waals surface area (Å²) >= 11 is 1.25. The fourth-order valence-electron chi connectivity index (χ4n) is 2.87. The van der Waals surface area contributed by atoms with Crippen molar-refractivity contribution in [1.82, 2.24) is 15.0 Å². The topological polar surface area (TPSA) is 76.7 Å². The third-order valence-corrected chi connectivity index (χ3v) is 4.68. The lowest BCUT2D eigenvalue weighted by molar-refractivity contribution is 1.20. The zero-order valence-corrected chi connectivity index (χ0v) is 15.0. The average molecular weight is 359 g/mol. The van der Waals surface area contributed by atoms with Crippen molar-refractivity contribution in [3.63, 3.8) is 0 Å². The van der Waals surface area contributed by atoms with E-state index in [9.17, 15) is 0 Å². The molecule has 0 amide bonds. The third-order valence-electron chi connectivity index (χ3n) is 4.16. The van der Waals surface area contributed by atoms with E-state index in [-0.39, 0.29) is 0 Å². The van der Waals surface area contributed by atoms with Gasteiger partial charge in [0.05, 0.1) is 5.52 Å². The molecular formula is C20H17N5S. The molecule has 0 radical (unpaired) electrons. The minimum atomic E-state index is 0.657. The van der Waals surface area contributed by atoms with Crippen molar-refractivity contribution in [2.24, 2.45) is 5.14 Å². The van der Waals surface area contributed by atoms with E-state index in [0.29, 0.717) is 5.82 Å². The van der Waals surface area contributed by atoms with Crippen LogP contribution in [-0.2, 0) is 0 Å². The van der Waals surface area contributed by atoms with Gasteiger partial charge in [-0.15, -0.1) is 0 Å². The van der Waals surface area contributed by atoms with Crippen molar-refractivity contribution in [1.29, 1.82) is 0 Å². The first kappa shape index (κ1) is 16.5. The maximum absolute atomic E-state index is 5.69.